The summed E-state index contributed by atoms with van der Waals surface area (Å²) in [5, 5.41) is 0. The number of methoxy groups -OCH3 is 1. The molecule has 0 saturated carbocycles. The zero-order valence-corrected chi connectivity index (χ0v) is 10.2. The van der Waals surface area contributed by atoms with Gasteiger partial charge in [-0.1, -0.05) is 24.7 Å². The van der Waals surface area contributed by atoms with Crippen LogP contribution in [0, 0.1) is 0 Å². The smallest absolute Gasteiger partial charge is 0.125 e. The molecule has 0 aromatic heterocycles. The van der Waals surface area contributed by atoms with Gasteiger partial charge in [0.2, 0.25) is 0 Å². The molecule has 0 spiro atoms. The molecule has 3 nitrogen and oxygen atoms in total. The number of hydrogen-bond acceptors (Lipinski definition) is 3. The van der Waals surface area contributed by atoms with Crippen LogP contribution in [0.4, 0.5) is 0 Å². The zero-order valence-electron chi connectivity index (χ0n) is 7.32. The Morgan fingerprint density at radius 1 is 1.38 bits per heavy atom. The molecule has 0 aliphatic rings. The molecule has 0 bridgehead atoms. The van der Waals surface area contributed by atoms with Crippen LogP contribution < -0.4 is 4.74 Å². The van der Waals surface area contributed by atoms with Crippen molar-refractivity contribution >= 4 is 6.47 Å². The monoisotopic (exact) mass is 254 g/mol. The molecule has 0 aliphatic carbocycles. The Morgan fingerprint density at radius 3 is 2.69 bits per heavy atom. The van der Waals surface area contributed by atoms with Crippen molar-refractivity contribution in [2.75, 3.05) is 7.11 Å². The largest absolute Gasteiger partial charge is 0.650 e. The number of hydrogen-bond donors (Lipinski definition) is 0. The van der Waals surface area contributed by atoms with Crippen molar-refractivity contribution in [3.8, 4) is 5.75 Å². The Bertz CT molecular complexity index is 263. The maximum atomic E-state index is 9.79. The van der Waals surface area contributed by atoms with Crippen LogP contribution in [0.1, 0.15) is 5.56 Å². The van der Waals surface area contributed by atoms with E-state index in [2.05, 4.69) is 4.74 Å². The van der Waals surface area contributed by atoms with Crippen LogP contribution in [-0.4, -0.2) is 13.6 Å². The van der Waals surface area contributed by atoms with Gasteiger partial charge in [-0.3, -0.25) is 0 Å². The van der Waals surface area contributed by atoms with Crippen molar-refractivity contribution in [3.63, 3.8) is 0 Å². The second-order valence-corrected chi connectivity index (χ2v) is 2.18. The normalized spacial score (nSPS) is 8.38. The van der Waals surface area contributed by atoms with Crippen LogP contribution >= 0.6 is 0 Å². The zero-order chi connectivity index (χ0) is 8.81. The summed E-state index contributed by atoms with van der Waals surface area (Å²) in [6, 6.07) is 7.35. The first-order valence-electron chi connectivity index (χ1n) is 3.49. The molecule has 67 valence electrons. The molecule has 0 N–H and O–H groups in total. The maximum Gasteiger partial charge on any atom is 0.125 e. The summed E-state index contributed by atoms with van der Waals surface area (Å²) in [6.45, 7) is 1.56. The summed E-state index contributed by atoms with van der Waals surface area (Å²) in [6.07, 6.45) is 0. The molecule has 0 fully saturated rings. The molecule has 0 atom stereocenters. The molecule has 1 radical (unpaired) electrons. The average molecular weight is 254 g/mol. The number of carbonyl (C=O) groups excluding carboxylic acids is 1. The predicted octanol–water partition coefficient (Wildman–Crippen LogP) is 1.28. The van der Waals surface area contributed by atoms with E-state index < -0.39 is 0 Å². The number of ether oxygens (including phenoxy) is 2. The van der Waals surface area contributed by atoms with Gasteiger partial charge in [0.15, 0.2) is 0 Å². The molecule has 13 heavy (non-hydrogen) atoms. The first kappa shape index (κ1) is 12.6. The average Bonchev–Trinajstić information content (AvgIpc) is 2.15. The van der Waals surface area contributed by atoms with Gasteiger partial charge in [-0.15, -0.1) is 0 Å². The molecule has 4 heteroatoms. The van der Waals surface area contributed by atoms with Gasteiger partial charge in [0.05, 0.1) is 13.7 Å². The summed E-state index contributed by atoms with van der Waals surface area (Å²) in [5.41, 5.74) is 0.836. The summed E-state index contributed by atoms with van der Waals surface area (Å²) in [5.74, 6) is 0.716. The minimum absolute atomic E-state index is 0. The van der Waals surface area contributed by atoms with Gasteiger partial charge in [-0.05, 0) is 6.07 Å². The van der Waals surface area contributed by atoms with Gasteiger partial charge in [-0.2, -0.15) is 0 Å². The minimum atomic E-state index is 0. The summed E-state index contributed by atoms with van der Waals surface area (Å²) in [7, 11) is 1.57. The van der Waals surface area contributed by atoms with Crippen LogP contribution in [0.5, 0.6) is 5.75 Å². The van der Waals surface area contributed by atoms with E-state index in [-0.39, 0.29) is 39.3 Å². The molecule has 0 aliphatic heterocycles. The summed E-state index contributed by atoms with van der Waals surface area (Å²) in [4.78, 5) is 9.79. The second-order valence-electron chi connectivity index (χ2n) is 2.18. The van der Waals surface area contributed by atoms with Crippen molar-refractivity contribution in [2.45, 2.75) is 6.61 Å². The molecule has 1 rings (SSSR count). The molecule has 0 amide bonds. The van der Waals surface area contributed by atoms with E-state index in [1.807, 2.05) is 24.3 Å². The van der Waals surface area contributed by atoms with E-state index in [0.717, 1.165) is 5.56 Å². The van der Waals surface area contributed by atoms with Crippen molar-refractivity contribution in [3.05, 3.63) is 29.8 Å². The van der Waals surface area contributed by atoms with Gasteiger partial charge >= 0.3 is 0 Å². The van der Waals surface area contributed by atoms with Crippen molar-refractivity contribution in [1.82, 2.24) is 0 Å². The molecule has 1 aromatic rings. The van der Waals surface area contributed by atoms with Crippen LogP contribution in [0.15, 0.2) is 24.3 Å². The number of benzene rings is 1. The Morgan fingerprint density at radius 2 is 2.08 bits per heavy atom. The molecular formula is C9H9O3Y-. The Kier molecular flexibility index (Phi) is 6.82. The van der Waals surface area contributed by atoms with E-state index in [9.17, 15) is 4.79 Å². The maximum absolute atomic E-state index is 9.79. The Balaban J connectivity index is 0.00000144. The molecule has 0 saturated heterocycles. The third-order valence-corrected chi connectivity index (χ3v) is 1.48. The van der Waals surface area contributed by atoms with Crippen LogP contribution in [0.3, 0.4) is 0 Å². The van der Waals surface area contributed by atoms with Gasteiger partial charge in [-0.25, -0.2) is 0 Å². The fourth-order valence-electron chi connectivity index (χ4n) is 0.929. The second kappa shape index (κ2) is 7.04. The van der Waals surface area contributed by atoms with Gasteiger partial charge in [0.25, 0.3) is 0 Å². The SMILES string of the molecule is COc1ccccc1CO[C-]=O.[Y]. The third kappa shape index (κ3) is 3.88. The van der Waals surface area contributed by atoms with E-state index in [1.54, 1.807) is 7.11 Å². The summed E-state index contributed by atoms with van der Waals surface area (Å²) < 4.78 is 9.51. The van der Waals surface area contributed by atoms with Crippen LogP contribution in [0.25, 0.3) is 0 Å². The fraction of sp³-hybridized carbons (Fsp3) is 0.222. The Labute approximate surface area is 102 Å². The van der Waals surface area contributed by atoms with Crippen molar-refractivity contribution in [1.29, 1.82) is 0 Å². The van der Waals surface area contributed by atoms with Crippen LogP contribution in [-0.2, 0) is 48.8 Å². The van der Waals surface area contributed by atoms with E-state index in [4.69, 9.17) is 4.74 Å². The quantitative estimate of drug-likeness (QED) is 0.759. The molecule has 1 aromatic carbocycles. The topological polar surface area (TPSA) is 35.5 Å². The van der Waals surface area contributed by atoms with Crippen molar-refractivity contribution in [2.24, 2.45) is 0 Å². The van der Waals surface area contributed by atoms with E-state index in [1.165, 1.54) is 6.47 Å². The minimum Gasteiger partial charge on any atom is -0.650 e. The standard InChI is InChI=1S/C9H9O3.Y/c1-11-9-5-3-2-4-8(9)6-12-7-10;/h2-5H,6H2,1H3;/q-1;. The number of rotatable bonds is 4. The van der Waals surface area contributed by atoms with E-state index >= 15 is 0 Å². The first-order valence-corrected chi connectivity index (χ1v) is 3.49. The van der Waals surface area contributed by atoms with Gasteiger partial charge in [0.1, 0.15) is 5.75 Å². The van der Waals surface area contributed by atoms with Crippen LogP contribution in [0.2, 0.25) is 0 Å². The fourth-order valence-corrected chi connectivity index (χ4v) is 0.929. The third-order valence-electron chi connectivity index (χ3n) is 1.48. The van der Waals surface area contributed by atoms with Gasteiger partial charge < -0.3 is 14.3 Å². The van der Waals surface area contributed by atoms with Crippen molar-refractivity contribution < 1.29 is 47.0 Å². The molecular weight excluding hydrogens is 245 g/mol. The number of para-hydroxylation sites is 1. The summed E-state index contributed by atoms with van der Waals surface area (Å²) >= 11 is 0. The first-order chi connectivity index (χ1) is 5.88. The van der Waals surface area contributed by atoms with E-state index in [0.29, 0.717) is 5.75 Å². The Hall–Kier alpha value is -0.406. The van der Waals surface area contributed by atoms with Gasteiger partial charge in [0, 0.05) is 38.3 Å². The predicted molar refractivity (Wildman–Crippen MR) is 43.5 cm³/mol. The molecule has 0 unspecified atom stereocenters. The molecule has 0 heterocycles.